The zero-order chi connectivity index (χ0) is 22.8. The molecule has 0 unspecified atom stereocenters. The summed E-state index contributed by atoms with van der Waals surface area (Å²) in [5.74, 6) is 0. The van der Waals surface area contributed by atoms with E-state index < -0.39 is 0 Å². The fourth-order valence-corrected chi connectivity index (χ4v) is 4.95. The summed E-state index contributed by atoms with van der Waals surface area (Å²) in [6.07, 6.45) is 4.92. The second-order valence-corrected chi connectivity index (χ2v) is 9.34. The van der Waals surface area contributed by atoms with Gasteiger partial charge < -0.3 is 24.6 Å². The number of hydrogen-bond donors (Lipinski definition) is 1. The van der Waals surface area contributed by atoms with E-state index in [1.54, 1.807) is 14.2 Å². The van der Waals surface area contributed by atoms with E-state index in [-0.39, 0.29) is 0 Å². The number of nitrogens with one attached hydrogen (secondary N) is 1. The summed E-state index contributed by atoms with van der Waals surface area (Å²) in [5, 5.41) is 3.64. The van der Waals surface area contributed by atoms with E-state index in [0.717, 1.165) is 26.2 Å². The van der Waals surface area contributed by atoms with E-state index in [9.17, 15) is 0 Å². The molecule has 0 fully saturated rings. The van der Waals surface area contributed by atoms with Gasteiger partial charge in [0.1, 0.15) is 0 Å². The molecule has 1 aliphatic heterocycles. The molecule has 6 heteroatoms. The Morgan fingerprint density at radius 1 is 0.719 bits per heavy atom. The van der Waals surface area contributed by atoms with Crippen molar-refractivity contribution in [1.82, 2.24) is 0 Å². The third-order valence-electron chi connectivity index (χ3n) is 5.84. The highest BCUT2D eigenvalue weighted by Crippen LogP contribution is 2.46. The van der Waals surface area contributed by atoms with Gasteiger partial charge in [-0.2, -0.15) is 0 Å². The number of fused-ring (bicyclic) bond motifs is 2. The molecule has 0 aliphatic carbocycles. The number of anilines is 4. The molecule has 0 amide bonds. The largest absolute Gasteiger partial charge is 0.383 e. The summed E-state index contributed by atoms with van der Waals surface area (Å²) in [5.41, 5.74) is 4.91. The molecule has 0 saturated carbocycles. The molecule has 3 rings (SSSR count). The Morgan fingerprint density at radius 3 is 1.62 bits per heavy atom. The van der Waals surface area contributed by atoms with Gasteiger partial charge in [-0.05, 0) is 49.2 Å². The molecule has 2 aromatic rings. The number of methoxy groups -OCH3 is 2. The number of ether oxygens (including phenoxy) is 2. The summed E-state index contributed by atoms with van der Waals surface area (Å²) in [6, 6.07) is 13.5. The van der Waals surface area contributed by atoms with Crippen LogP contribution in [0, 0.1) is 0 Å². The van der Waals surface area contributed by atoms with Gasteiger partial charge in [0.05, 0.1) is 24.6 Å². The second kappa shape index (κ2) is 13.0. The van der Waals surface area contributed by atoms with Crippen molar-refractivity contribution in [1.29, 1.82) is 0 Å². The predicted molar refractivity (Wildman–Crippen MR) is 138 cm³/mol. The molecule has 0 atom stereocenters. The van der Waals surface area contributed by atoms with Crippen LogP contribution in [0.5, 0.6) is 0 Å². The van der Waals surface area contributed by atoms with Crippen LogP contribution in [0.1, 0.15) is 39.5 Å². The van der Waals surface area contributed by atoms with Gasteiger partial charge in [0.25, 0.3) is 0 Å². The zero-order valence-corrected chi connectivity index (χ0v) is 21.0. The van der Waals surface area contributed by atoms with Crippen LogP contribution in [0.25, 0.3) is 0 Å². The lowest BCUT2D eigenvalue weighted by Gasteiger charge is -2.29. The van der Waals surface area contributed by atoms with Gasteiger partial charge in [0, 0.05) is 61.6 Å². The summed E-state index contributed by atoms with van der Waals surface area (Å²) in [4.78, 5) is 7.44. The first-order chi connectivity index (χ1) is 15.7. The average molecular weight is 458 g/mol. The van der Waals surface area contributed by atoms with Crippen molar-refractivity contribution < 1.29 is 9.47 Å². The molecule has 0 bridgehead atoms. The second-order valence-electron chi connectivity index (χ2n) is 8.25. The van der Waals surface area contributed by atoms with Crippen LogP contribution in [0.3, 0.4) is 0 Å². The van der Waals surface area contributed by atoms with Crippen LogP contribution in [-0.4, -0.2) is 53.6 Å². The Hall–Kier alpha value is -1.89. The lowest BCUT2D eigenvalue weighted by Crippen LogP contribution is -2.30. The van der Waals surface area contributed by atoms with Crippen molar-refractivity contribution in [2.24, 2.45) is 0 Å². The minimum Gasteiger partial charge on any atom is -0.383 e. The van der Waals surface area contributed by atoms with Gasteiger partial charge >= 0.3 is 0 Å². The molecular weight excluding hydrogens is 418 g/mol. The van der Waals surface area contributed by atoms with Crippen LogP contribution in [-0.2, 0) is 9.47 Å². The molecule has 0 aromatic heterocycles. The maximum atomic E-state index is 5.32. The van der Waals surface area contributed by atoms with E-state index in [4.69, 9.17) is 9.47 Å². The maximum absolute atomic E-state index is 5.32. The van der Waals surface area contributed by atoms with Crippen molar-refractivity contribution in [2.75, 3.05) is 68.7 Å². The predicted octanol–water partition coefficient (Wildman–Crippen LogP) is 6.40. The SMILES string of the molecule is CCCCN(CCCC)c1ccc2c(c1)Sc1cc(N(CCOC)CCOC)ccc1N2. The summed E-state index contributed by atoms with van der Waals surface area (Å²) in [7, 11) is 3.50. The molecule has 1 N–H and O–H groups in total. The van der Waals surface area contributed by atoms with Crippen LogP contribution in [0.2, 0.25) is 0 Å². The molecule has 5 nitrogen and oxygen atoms in total. The highest BCUT2D eigenvalue weighted by molar-refractivity contribution is 7.99. The Kier molecular flexibility index (Phi) is 10.0. The number of benzene rings is 2. The van der Waals surface area contributed by atoms with Gasteiger partial charge in [-0.1, -0.05) is 38.5 Å². The Balaban J connectivity index is 1.80. The minimum atomic E-state index is 0.698. The zero-order valence-electron chi connectivity index (χ0n) is 20.2. The Labute approximate surface area is 198 Å². The molecule has 1 aliphatic rings. The Bertz CT molecular complexity index is 762. The topological polar surface area (TPSA) is 37.0 Å². The number of nitrogens with zero attached hydrogens (tertiary/aromatic N) is 2. The van der Waals surface area contributed by atoms with E-state index in [2.05, 4.69) is 65.4 Å². The van der Waals surface area contributed by atoms with Gasteiger partial charge in [-0.15, -0.1) is 0 Å². The lowest BCUT2D eigenvalue weighted by molar-refractivity contribution is 0.190. The molecule has 1 heterocycles. The van der Waals surface area contributed by atoms with Crippen molar-refractivity contribution in [3.8, 4) is 0 Å². The first-order valence-corrected chi connectivity index (χ1v) is 12.7. The summed E-state index contributed by atoms with van der Waals surface area (Å²) < 4.78 is 10.6. The van der Waals surface area contributed by atoms with Gasteiger partial charge in [-0.3, -0.25) is 0 Å². The van der Waals surface area contributed by atoms with Gasteiger partial charge in [0.2, 0.25) is 0 Å². The van der Waals surface area contributed by atoms with E-state index >= 15 is 0 Å². The first-order valence-electron chi connectivity index (χ1n) is 11.9. The summed E-state index contributed by atoms with van der Waals surface area (Å²) >= 11 is 1.86. The van der Waals surface area contributed by atoms with Crippen LogP contribution < -0.4 is 15.1 Å². The van der Waals surface area contributed by atoms with Crippen molar-refractivity contribution in [2.45, 2.75) is 49.3 Å². The van der Waals surface area contributed by atoms with Crippen molar-refractivity contribution in [3.05, 3.63) is 36.4 Å². The summed E-state index contributed by atoms with van der Waals surface area (Å²) in [6.45, 7) is 9.88. The minimum absolute atomic E-state index is 0.698. The Morgan fingerprint density at radius 2 is 1.19 bits per heavy atom. The molecule has 0 spiro atoms. The van der Waals surface area contributed by atoms with Crippen molar-refractivity contribution >= 4 is 34.5 Å². The highest BCUT2D eigenvalue weighted by atomic mass is 32.2. The first kappa shape index (κ1) is 24.7. The lowest BCUT2D eigenvalue weighted by atomic mass is 10.2. The molecule has 32 heavy (non-hydrogen) atoms. The maximum Gasteiger partial charge on any atom is 0.0637 e. The third kappa shape index (κ3) is 6.56. The smallest absolute Gasteiger partial charge is 0.0637 e. The number of hydrogen-bond acceptors (Lipinski definition) is 6. The molecule has 2 aromatic carbocycles. The van der Waals surface area contributed by atoms with Crippen LogP contribution >= 0.6 is 11.8 Å². The van der Waals surface area contributed by atoms with E-state index in [0.29, 0.717) is 13.2 Å². The quantitative estimate of drug-likeness (QED) is 0.302. The highest BCUT2D eigenvalue weighted by Gasteiger charge is 2.19. The molecule has 0 saturated heterocycles. The monoisotopic (exact) mass is 457 g/mol. The molecule has 0 radical (unpaired) electrons. The van der Waals surface area contributed by atoms with Crippen LogP contribution in [0.15, 0.2) is 46.2 Å². The van der Waals surface area contributed by atoms with Gasteiger partial charge in [-0.25, -0.2) is 0 Å². The average Bonchev–Trinajstić information content (AvgIpc) is 2.82. The third-order valence-corrected chi connectivity index (χ3v) is 6.96. The molecule has 176 valence electrons. The standard InChI is InChI=1S/C26H39N3O2S/c1-5-7-13-28(14-8-6-2)21-9-11-23-25(19-21)32-26-20-22(10-12-24(26)27-23)29(15-17-30-3)16-18-31-4/h9-12,19-20,27H,5-8,13-18H2,1-4H3. The van der Waals surface area contributed by atoms with E-state index in [1.165, 1.54) is 58.2 Å². The fourth-order valence-electron chi connectivity index (χ4n) is 3.90. The number of unbranched alkanes of at least 4 members (excludes halogenated alkanes) is 2. The van der Waals surface area contributed by atoms with Crippen molar-refractivity contribution in [3.63, 3.8) is 0 Å². The normalized spacial score (nSPS) is 12.1. The van der Waals surface area contributed by atoms with E-state index in [1.807, 2.05) is 11.8 Å². The van der Waals surface area contributed by atoms with Crippen LogP contribution in [0.4, 0.5) is 22.7 Å². The fraction of sp³-hybridized carbons (Fsp3) is 0.538. The number of rotatable bonds is 14. The molecular formula is C26H39N3O2S. The van der Waals surface area contributed by atoms with Gasteiger partial charge in [0.15, 0.2) is 0 Å².